The molecule has 2 amide bonds. The van der Waals surface area contributed by atoms with Crippen LogP contribution in [0.3, 0.4) is 0 Å². The molecule has 0 unspecified atom stereocenters. The first kappa shape index (κ1) is 30.5. The van der Waals surface area contributed by atoms with Crippen LogP contribution >= 0.6 is 0 Å². The predicted molar refractivity (Wildman–Crippen MR) is 177 cm³/mol. The summed E-state index contributed by atoms with van der Waals surface area (Å²) < 4.78 is 5.61. The average Bonchev–Trinajstić information content (AvgIpc) is 3.06. The fourth-order valence-electron chi connectivity index (χ4n) is 6.71. The van der Waals surface area contributed by atoms with Gasteiger partial charge in [-0.25, -0.2) is 9.78 Å². The van der Waals surface area contributed by atoms with Gasteiger partial charge < -0.3 is 29.2 Å². The summed E-state index contributed by atoms with van der Waals surface area (Å²) in [6.07, 6.45) is 0.969. The smallest absolute Gasteiger partial charge is 0.410 e. The summed E-state index contributed by atoms with van der Waals surface area (Å²) in [5.41, 5.74) is 3.39. The average molecular weight is 610 g/mol. The van der Waals surface area contributed by atoms with Gasteiger partial charge in [0.25, 0.3) is 0 Å². The van der Waals surface area contributed by atoms with E-state index in [0.29, 0.717) is 76.7 Å². The Morgan fingerprint density at radius 1 is 0.822 bits per heavy atom. The van der Waals surface area contributed by atoms with E-state index in [4.69, 9.17) is 9.72 Å². The van der Waals surface area contributed by atoms with Gasteiger partial charge in [-0.15, -0.1) is 0 Å². The number of fused-ring (bicyclic) bond motifs is 2. The van der Waals surface area contributed by atoms with Crippen molar-refractivity contribution in [3.63, 3.8) is 0 Å². The van der Waals surface area contributed by atoms with Crippen LogP contribution in [0, 0.1) is 11.3 Å². The van der Waals surface area contributed by atoms with E-state index in [1.807, 2.05) is 32.6 Å². The van der Waals surface area contributed by atoms with Gasteiger partial charge in [0.2, 0.25) is 5.91 Å². The summed E-state index contributed by atoms with van der Waals surface area (Å²) >= 11 is 0. The number of hydrogen-bond acceptors (Lipinski definition) is 8. The third-order valence-electron chi connectivity index (χ3n) is 9.04. The number of hydrogen-bond donors (Lipinski definition) is 0. The first-order valence-corrected chi connectivity index (χ1v) is 16.1. The molecule has 1 aromatic heterocycles. The quantitative estimate of drug-likeness (QED) is 0.417. The number of nitrogens with zero attached hydrogens (tertiary/aromatic N) is 7. The van der Waals surface area contributed by atoms with Crippen molar-refractivity contribution in [1.82, 2.24) is 14.8 Å². The zero-order valence-corrected chi connectivity index (χ0v) is 26.9. The molecule has 0 bridgehead atoms. The zero-order valence-electron chi connectivity index (χ0n) is 26.9. The SMILES string of the molecule is CCC(=O)N1CCN(c2nc(N3CCN(C(=O)OC(C)(C)C)CC3)c(C#N)c3c2CCN(c2cccc4ccccc24)C3)CC1. The molecular formula is C35H43N7O3. The van der Waals surface area contributed by atoms with E-state index < -0.39 is 5.60 Å². The van der Waals surface area contributed by atoms with Crippen molar-refractivity contribution in [1.29, 1.82) is 5.26 Å². The van der Waals surface area contributed by atoms with Gasteiger partial charge in [-0.05, 0) is 44.2 Å². The topological polar surface area (TPSA) is 96.3 Å². The molecule has 0 atom stereocenters. The summed E-state index contributed by atoms with van der Waals surface area (Å²) in [5, 5.41) is 13.0. The van der Waals surface area contributed by atoms with Gasteiger partial charge in [-0.1, -0.05) is 43.3 Å². The van der Waals surface area contributed by atoms with Crippen molar-refractivity contribution in [2.45, 2.75) is 52.7 Å². The molecule has 45 heavy (non-hydrogen) atoms. The normalized spacial score (nSPS) is 17.3. The van der Waals surface area contributed by atoms with E-state index in [1.165, 1.54) is 16.5 Å². The number of carbonyl (C=O) groups excluding carboxylic acids is 2. The van der Waals surface area contributed by atoms with Crippen molar-refractivity contribution < 1.29 is 14.3 Å². The highest BCUT2D eigenvalue weighted by Gasteiger charge is 2.33. The Morgan fingerprint density at radius 3 is 2.13 bits per heavy atom. The molecule has 236 valence electrons. The van der Waals surface area contributed by atoms with Crippen LogP contribution < -0.4 is 14.7 Å². The minimum atomic E-state index is -0.557. The Labute approximate surface area is 265 Å². The molecule has 2 saturated heterocycles. The maximum Gasteiger partial charge on any atom is 0.410 e. The number of rotatable bonds is 4. The lowest BCUT2D eigenvalue weighted by atomic mass is 9.94. The molecule has 10 nitrogen and oxygen atoms in total. The van der Waals surface area contributed by atoms with E-state index in [0.717, 1.165) is 29.9 Å². The molecule has 4 heterocycles. The molecule has 2 aromatic carbocycles. The van der Waals surface area contributed by atoms with Gasteiger partial charge in [-0.3, -0.25) is 4.79 Å². The number of carbonyl (C=O) groups is 2. The number of piperazine rings is 2. The molecule has 10 heteroatoms. The van der Waals surface area contributed by atoms with Crippen LogP contribution in [0.5, 0.6) is 0 Å². The van der Waals surface area contributed by atoms with E-state index in [9.17, 15) is 14.9 Å². The number of aromatic nitrogens is 1. The summed E-state index contributed by atoms with van der Waals surface area (Å²) in [6, 6.07) is 17.4. The first-order valence-electron chi connectivity index (χ1n) is 16.1. The summed E-state index contributed by atoms with van der Waals surface area (Å²) in [4.78, 5) is 40.9. The Balaban J connectivity index is 1.35. The van der Waals surface area contributed by atoms with Crippen molar-refractivity contribution in [3.05, 3.63) is 59.2 Å². The van der Waals surface area contributed by atoms with Gasteiger partial charge in [-0.2, -0.15) is 5.26 Å². The lowest BCUT2D eigenvalue weighted by molar-refractivity contribution is -0.131. The highest BCUT2D eigenvalue weighted by Crippen LogP contribution is 2.38. The molecule has 0 N–H and O–H groups in total. The molecule has 3 aliphatic rings. The Morgan fingerprint density at radius 2 is 1.47 bits per heavy atom. The lowest BCUT2D eigenvalue weighted by Gasteiger charge is -2.41. The van der Waals surface area contributed by atoms with Gasteiger partial charge in [0, 0.05) is 88.5 Å². The van der Waals surface area contributed by atoms with Crippen LogP contribution in [-0.2, 0) is 22.5 Å². The van der Waals surface area contributed by atoms with Crippen LogP contribution in [0.1, 0.15) is 50.8 Å². The molecule has 6 rings (SSSR count). The van der Waals surface area contributed by atoms with Gasteiger partial charge in [0.1, 0.15) is 23.3 Å². The molecule has 0 saturated carbocycles. The second-order valence-electron chi connectivity index (χ2n) is 13.0. The van der Waals surface area contributed by atoms with Gasteiger partial charge in [0.15, 0.2) is 0 Å². The minimum absolute atomic E-state index is 0.179. The molecular weight excluding hydrogens is 566 g/mol. The molecule has 3 aliphatic heterocycles. The van der Waals surface area contributed by atoms with E-state index in [1.54, 1.807) is 4.90 Å². The third-order valence-corrected chi connectivity index (χ3v) is 9.04. The minimum Gasteiger partial charge on any atom is -0.444 e. The Bertz CT molecular complexity index is 1620. The largest absolute Gasteiger partial charge is 0.444 e. The number of amides is 2. The number of pyridine rings is 1. The summed E-state index contributed by atoms with van der Waals surface area (Å²) in [6.45, 7) is 13.8. The fourth-order valence-corrected chi connectivity index (χ4v) is 6.71. The molecule has 0 spiro atoms. The van der Waals surface area contributed by atoms with Crippen molar-refractivity contribution in [2.24, 2.45) is 0 Å². The van der Waals surface area contributed by atoms with Crippen molar-refractivity contribution in [2.75, 3.05) is 73.6 Å². The Kier molecular flexibility index (Phi) is 8.45. The third kappa shape index (κ3) is 6.21. The number of ether oxygens (including phenoxy) is 1. The lowest BCUT2D eigenvalue weighted by Crippen LogP contribution is -2.51. The van der Waals surface area contributed by atoms with Crippen LogP contribution in [0.15, 0.2) is 42.5 Å². The second-order valence-corrected chi connectivity index (χ2v) is 13.0. The summed E-state index contributed by atoms with van der Waals surface area (Å²) in [7, 11) is 0. The fraction of sp³-hybridized carbons (Fsp3) is 0.486. The highest BCUT2D eigenvalue weighted by atomic mass is 16.6. The molecule has 3 aromatic rings. The van der Waals surface area contributed by atoms with E-state index >= 15 is 0 Å². The van der Waals surface area contributed by atoms with Gasteiger partial charge >= 0.3 is 6.09 Å². The van der Waals surface area contributed by atoms with Gasteiger partial charge in [0.05, 0.1) is 5.56 Å². The van der Waals surface area contributed by atoms with Crippen molar-refractivity contribution in [3.8, 4) is 6.07 Å². The maximum absolute atomic E-state index is 12.8. The standard InChI is InChI=1S/C35H43N7O3/c1-5-31(43)38-15-17-39(18-16-38)32-27-13-14-42(30-12-8-10-25-9-6-7-11-26(25)30)24-29(27)28(23-36)33(37-32)40-19-21-41(22-20-40)34(44)45-35(2,3)4/h6-12H,5,13-22,24H2,1-4H3. The zero-order chi connectivity index (χ0) is 31.7. The maximum atomic E-state index is 12.8. The highest BCUT2D eigenvalue weighted by molar-refractivity contribution is 5.94. The monoisotopic (exact) mass is 609 g/mol. The molecule has 0 radical (unpaired) electrons. The number of benzene rings is 2. The van der Waals surface area contributed by atoms with E-state index in [2.05, 4.69) is 63.2 Å². The number of anilines is 3. The van der Waals surface area contributed by atoms with Crippen LogP contribution in [0.25, 0.3) is 10.8 Å². The number of nitriles is 1. The van der Waals surface area contributed by atoms with Crippen LogP contribution in [0.4, 0.5) is 22.1 Å². The molecule has 2 fully saturated rings. The van der Waals surface area contributed by atoms with Crippen LogP contribution in [0.2, 0.25) is 0 Å². The Hall–Kier alpha value is -4.52. The molecule has 0 aliphatic carbocycles. The summed E-state index contributed by atoms with van der Waals surface area (Å²) in [5.74, 6) is 1.79. The van der Waals surface area contributed by atoms with E-state index in [-0.39, 0.29) is 12.0 Å². The second kappa shape index (κ2) is 12.5. The van der Waals surface area contributed by atoms with Crippen LogP contribution in [-0.4, -0.2) is 91.3 Å². The predicted octanol–water partition coefficient (Wildman–Crippen LogP) is 4.78. The first-order chi connectivity index (χ1) is 21.7. The van der Waals surface area contributed by atoms with Crippen molar-refractivity contribution >= 4 is 40.1 Å².